The van der Waals surface area contributed by atoms with Crippen LogP contribution in [0.5, 0.6) is 0 Å². The van der Waals surface area contributed by atoms with Crippen LogP contribution in [0.2, 0.25) is 0 Å². The lowest BCUT2D eigenvalue weighted by Gasteiger charge is -2.37. The maximum absolute atomic E-state index is 11.9. The zero-order valence-corrected chi connectivity index (χ0v) is 11.2. The van der Waals surface area contributed by atoms with Crippen molar-refractivity contribution in [2.75, 3.05) is 26.7 Å². The number of aliphatic carboxylic acids is 1. The van der Waals surface area contributed by atoms with Crippen LogP contribution in [-0.2, 0) is 9.59 Å². The third kappa shape index (κ3) is 2.93. The zero-order valence-electron chi connectivity index (χ0n) is 10.4. The number of carboxylic acid groups (broad SMARTS) is 1. The molecule has 0 atom stereocenters. The zero-order chi connectivity index (χ0) is 14.0. The first-order valence-electron chi connectivity index (χ1n) is 5.78. The monoisotopic (exact) mass is 282 g/mol. The number of likely N-dealkylation sites (N-methyl/N-ethyl adjacent to an activating group) is 1. The highest BCUT2D eigenvalue weighted by Crippen LogP contribution is 2.16. The first-order chi connectivity index (χ1) is 8.99. The van der Waals surface area contributed by atoms with Gasteiger partial charge in [0.2, 0.25) is 5.91 Å². The Labute approximate surface area is 114 Å². The summed E-state index contributed by atoms with van der Waals surface area (Å²) in [5.41, 5.74) is 0. The summed E-state index contributed by atoms with van der Waals surface area (Å²) in [7, 11) is 1.56. The molecule has 0 radical (unpaired) electrons. The number of rotatable bonds is 4. The van der Waals surface area contributed by atoms with E-state index in [1.54, 1.807) is 24.6 Å². The van der Waals surface area contributed by atoms with Gasteiger partial charge in [0.25, 0.3) is 5.91 Å². The summed E-state index contributed by atoms with van der Waals surface area (Å²) >= 11 is 1.33. The van der Waals surface area contributed by atoms with Gasteiger partial charge >= 0.3 is 5.97 Å². The number of amides is 2. The van der Waals surface area contributed by atoms with E-state index >= 15 is 0 Å². The standard InChI is InChI=1S/C12H14N2O4S/c1-13(11(16)9-3-2-4-19-9)7-10(15)14-5-8(6-14)12(17)18/h2-4,8H,5-7H2,1H3,(H,17,18). The van der Waals surface area contributed by atoms with E-state index in [-0.39, 0.29) is 31.4 Å². The lowest BCUT2D eigenvalue weighted by molar-refractivity contribution is -0.152. The molecule has 1 aliphatic heterocycles. The minimum absolute atomic E-state index is 0.0247. The van der Waals surface area contributed by atoms with E-state index in [0.717, 1.165) is 0 Å². The molecule has 2 rings (SSSR count). The Bertz CT molecular complexity index is 494. The van der Waals surface area contributed by atoms with Gasteiger partial charge in [0.1, 0.15) is 0 Å². The van der Waals surface area contributed by atoms with Gasteiger partial charge in [0, 0.05) is 20.1 Å². The van der Waals surface area contributed by atoms with Crippen LogP contribution in [-0.4, -0.2) is 59.4 Å². The fourth-order valence-electron chi connectivity index (χ4n) is 1.80. The first-order valence-corrected chi connectivity index (χ1v) is 6.66. The number of hydrogen-bond donors (Lipinski definition) is 1. The summed E-state index contributed by atoms with van der Waals surface area (Å²) in [5.74, 6) is -1.77. The number of carboxylic acids is 1. The van der Waals surface area contributed by atoms with Crippen molar-refractivity contribution in [1.82, 2.24) is 9.80 Å². The SMILES string of the molecule is CN(CC(=O)N1CC(C(=O)O)C1)C(=O)c1cccs1. The number of thiophene rings is 1. The summed E-state index contributed by atoms with van der Waals surface area (Å²) < 4.78 is 0. The second kappa shape index (κ2) is 5.40. The molecule has 7 heteroatoms. The van der Waals surface area contributed by atoms with Gasteiger partial charge in [0.05, 0.1) is 17.3 Å². The van der Waals surface area contributed by atoms with Crippen LogP contribution in [0.1, 0.15) is 9.67 Å². The smallest absolute Gasteiger partial charge is 0.310 e. The number of nitrogens with zero attached hydrogens (tertiary/aromatic N) is 2. The fourth-order valence-corrected chi connectivity index (χ4v) is 2.52. The Hall–Kier alpha value is -1.89. The molecule has 1 aromatic rings. The van der Waals surface area contributed by atoms with Crippen molar-refractivity contribution in [3.8, 4) is 0 Å². The molecular weight excluding hydrogens is 268 g/mol. The number of likely N-dealkylation sites (tertiary alicyclic amines) is 1. The van der Waals surface area contributed by atoms with Crippen molar-refractivity contribution in [2.45, 2.75) is 0 Å². The highest BCUT2D eigenvalue weighted by molar-refractivity contribution is 7.12. The number of carbonyl (C=O) groups excluding carboxylic acids is 2. The van der Waals surface area contributed by atoms with Crippen LogP contribution in [0.15, 0.2) is 17.5 Å². The van der Waals surface area contributed by atoms with Crippen molar-refractivity contribution in [3.05, 3.63) is 22.4 Å². The number of carbonyl (C=O) groups is 3. The molecule has 0 bridgehead atoms. The van der Waals surface area contributed by atoms with Gasteiger partial charge in [-0.1, -0.05) is 6.07 Å². The minimum atomic E-state index is -0.882. The highest BCUT2D eigenvalue weighted by atomic mass is 32.1. The molecule has 1 aromatic heterocycles. The number of hydrogen-bond acceptors (Lipinski definition) is 4. The molecule has 1 saturated heterocycles. The van der Waals surface area contributed by atoms with Crippen LogP contribution < -0.4 is 0 Å². The van der Waals surface area contributed by atoms with Crippen molar-refractivity contribution >= 4 is 29.1 Å². The Balaban J connectivity index is 1.83. The third-order valence-corrected chi connectivity index (χ3v) is 3.89. The van der Waals surface area contributed by atoms with Crippen LogP contribution in [0.3, 0.4) is 0 Å². The normalized spacial score (nSPS) is 14.9. The molecule has 0 saturated carbocycles. The van der Waals surface area contributed by atoms with E-state index in [1.165, 1.54) is 21.1 Å². The predicted molar refractivity (Wildman–Crippen MR) is 69.0 cm³/mol. The molecule has 1 fully saturated rings. The second-order valence-corrected chi connectivity index (χ2v) is 5.42. The van der Waals surface area contributed by atoms with Gasteiger partial charge in [-0.2, -0.15) is 0 Å². The first kappa shape index (κ1) is 13.5. The fraction of sp³-hybridized carbons (Fsp3) is 0.417. The summed E-state index contributed by atoms with van der Waals surface area (Å²) in [6.45, 7) is 0.438. The van der Waals surface area contributed by atoms with E-state index in [9.17, 15) is 14.4 Å². The molecule has 0 aromatic carbocycles. The van der Waals surface area contributed by atoms with Gasteiger partial charge in [-0.25, -0.2) is 0 Å². The molecule has 6 nitrogen and oxygen atoms in total. The van der Waals surface area contributed by atoms with Crippen molar-refractivity contribution in [3.63, 3.8) is 0 Å². The highest BCUT2D eigenvalue weighted by Gasteiger charge is 2.36. The largest absolute Gasteiger partial charge is 0.481 e. The lowest BCUT2D eigenvalue weighted by atomic mass is 10.0. The molecule has 102 valence electrons. The van der Waals surface area contributed by atoms with E-state index in [4.69, 9.17) is 5.11 Å². The average Bonchev–Trinajstić information content (AvgIpc) is 2.78. The lowest BCUT2D eigenvalue weighted by Crippen LogP contribution is -2.55. The maximum Gasteiger partial charge on any atom is 0.310 e. The quantitative estimate of drug-likeness (QED) is 0.865. The molecule has 0 spiro atoms. The van der Waals surface area contributed by atoms with Crippen LogP contribution in [0.25, 0.3) is 0 Å². The van der Waals surface area contributed by atoms with Gasteiger partial charge in [-0.15, -0.1) is 11.3 Å². The Morgan fingerprint density at radius 2 is 2.16 bits per heavy atom. The van der Waals surface area contributed by atoms with E-state index in [1.807, 2.05) is 0 Å². The molecular formula is C12H14N2O4S. The van der Waals surface area contributed by atoms with Crippen molar-refractivity contribution in [1.29, 1.82) is 0 Å². The van der Waals surface area contributed by atoms with Gasteiger partial charge in [-0.3, -0.25) is 14.4 Å². The Morgan fingerprint density at radius 3 is 2.68 bits per heavy atom. The van der Waals surface area contributed by atoms with Gasteiger partial charge in [-0.05, 0) is 11.4 Å². The summed E-state index contributed by atoms with van der Waals surface area (Å²) in [4.78, 5) is 37.8. The van der Waals surface area contributed by atoms with Gasteiger partial charge < -0.3 is 14.9 Å². The van der Waals surface area contributed by atoms with Gasteiger partial charge in [0.15, 0.2) is 0 Å². The molecule has 0 aliphatic carbocycles. The second-order valence-electron chi connectivity index (χ2n) is 4.47. The van der Waals surface area contributed by atoms with Crippen molar-refractivity contribution in [2.24, 2.45) is 5.92 Å². The summed E-state index contributed by atoms with van der Waals surface area (Å²) in [6.07, 6.45) is 0. The summed E-state index contributed by atoms with van der Waals surface area (Å²) in [5, 5.41) is 10.5. The minimum Gasteiger partial charge on any atom is -0.481 e. The molecule has 2 amide bonds. The van der Waals surface area contributed by atoms with Crippen LogP contribution in [0.4, 0.5) is 0 Å². The van der Waals surface area contributed by atoms with Crippen LogP contribution >= 0.6 is 11.3 Å². The average molecular weight is 282 g/mol. The van der Waals surface area contributed by atoms with E-state index < -0.39 is 11.9 Å². The summed E-state index contributed by atoms with van der Waals surface area (Å²) in [6, 6.07) is 3.48. The molecule has 0 unspecified atom stereocenters. The third-order valence-electron chi connectivity index (χ3n) is 3.03. The van der Waals surface area contributed by atoms with E-state index in [0.29, 0.717) is 4.88 Å². The maximum atomic E-state index is 11.9. The molecule has 1 aliphatic rings. The van der Waals surface area contributed by atoms with E-state index in [2.05, 4.69) is 0 Å². The molecule has 1 N–H and O–H groups in total. The van der Waals surface area contributed by atoms with Crippen molar-refractivity contribution < 1.29 is 19.5 Å². The predicted octanol–water partition coefficient (Wildman–Crippen LogP) is 0.363. The van der Waals surface area contributed by atoms with Crippen LogP contribution in [0, 0.1) is 5.92 Å². The topological polar surface area (TPSA) is 77.9 Å². The Kier molecular flexibility index (Phi) is 3.84. The molecule has 2 heterocycles. The Morgan fingerprint density at radius 1 is 1.47 bits per heavy atom. The molecule has 19 heavy (non-hydrogen) atoms.